The Hall–Kier alpha value is -0.770. The molecule has 0 aromatic carbocycles. The average Bonchev–Trinajstić information content (AvgIpc) is 2.51. The molecule has 1 unspecified atom stereocenters. The molecule has 0 radical (unpaired) electrons. The average molecular weight is 469 g/mol. The highest BCUT2D eigenvalue weighted by atomic mass is 127. The second kappa shape index (κ2) is 12.6. The van der Waals surface area contributed by atoms with Crippen molar-refractivity contribution in [2.24, 2.45) is 16.6 Å². The molecule has 1 amide bonds. The summed E-state index contributed by atoms with van der Waals surface area (Å²) in [6, 6.07) is 0.665. The monoisotopic (exact) mass is 469 g/mol. The quantitative estimate of drug-likeness (QED) is 0.339. The van der Waals surface area contributed by atoms with Gasteiger partial charge in [0.2, 0.25) is 0 Å². The van der Waals surface area contributed by atoms with Gasteiger partial charge < -0.3 is 25.6 Å². The number of nitrogens with zero attached hydrogens (tertiary/aromatic N) is 3. The van der Waals surface area contributed by atoms with Gasteiger partial charge in [0.15, 0.2) is 5.96 Å². The van der Waals surface area contributed by atoms with Gasteiger partial charge in [-0.25, -0.2) is 4.79 Å². The Kier molecular flexibility index (Phi) is 12.2. The van der Waals surface area contributed by atoms with Crippen LogP contribution in [0.25, 0.3) is 0 Å². The number of hydrogen-bond acceptors (Lipinski definition) is 4. The second-order valence-corrected chi connectivity index (χ2v) is 7.08. The van der Waals surface area contributed by atoms with E-state index >= 15 is 0 Å². The van der Waals surface area contributed by atoms with Gasteiger partial charge in [-0.15, -0.1) is 24.0 Å². The zero-order chi connectivity index (χ0) is 18.1. The van der Waals surface area contributed by atoms with E-state index in [9.17, 15) is 4.79 Å². The summed E-state index contributed by atoms with van der Waals surface area (Å²) in [6.45, 7) is 8.77. The molecule has 7 nitrogen and oxygen atoms in total. The fraction of sp³-hybridized carbons (Fsp3) is 0.882. The Balaban J connectivity index is 0.00000576. The summed E-state index contributed by atoms with van der Waals surface area (Å²) in [7, 11) is 4.16. The molecule has 0 bridgehead atoms. The zero-order valence-corrected chi connectivity index (χ0v) is 18.7. The molecule has 1 aliphatic heterocycles. The first-order valence-corrected chi connectivity index (χ1v) is 8.98. The fourth-order valence-electron chi connectivity index (χ4n) is 2.87. The first-order valence-electron chi connectivity index (χ1n) is 8.98. The number of ether oxygens (including phenoxy) is 1. The van der Waals surface area contributed by atoms with Crippen LogP contribution in [-0.4, -0.2) is 74.3 Å². The van der Waals surface area contributed by atoms with Crippen LogP contribution >= 0.6 is 24.0 Å². The number of hydrogen-bond donors (Lipinski definition) is 2. The number of nitrogens with two attached hydrogens (primary N) is 1. The van der Waals surface area contributed by atoms with Gasteiger partial charge >= 0.3 is 6.09 Å². The smallest absolute Gasteiger partial charge is 0.409 e. The van der Waals surface area contributed by atoms with Gasteiger partial charge in [-0.05, 0) is 46.2 Å². The van der Waals surface area contributed by atoms with Gasteiger partial charge in [0.25, 0.3) is 0 Å². The number of aliphatic imine (C=N–C) groups is 1. The van der Waals surface area contributed by atoms with E-state index in [1.54, 1.807) is 4.90 Å². The molecule has 0 aromatic heterocycles. The van der Waals surface area contributed by atoms with E-state index in [-0.39, 0.29) is 36.1 Å². The number of rotatable bonds is 7. The highest BCUT2D eigenvalue weighted by Gasteiger charge is 2.23. The zero-order valence-electron chi connectivity index (χ0n) is 16.3. The minimum absolute atomic E-state index is 0. The molecule has 1 fully saturated rings. The number of carbonyl (C=O) groups excluding carboxylic acids is 1. The number of likely N-dealkylation sites (tertiary alicyclic amines) is 1. The van der Waals surface area contributed by atoms with Crippen molar-refractivity contribution in [1.29, 1.82) is 0 Å². The van der Waals surface area contributed by atoms with Crippen molar-refractivity contribution in [2.45, 2.75) is 52.1 Å². The number of likely N-dealkylation sites (N-methyl/N-ethyl adjacent to an activating group) is 1. The van der Waals surface area contributed by atoms with Crippen molar-refractivity contribution < 1.29 is 9.53 Å². The number of guanidine groups is 1. The van der Waals surface area contributed by atoms with Crippen molar-refractivity contribution in [2.75, 3.05) is 40.3 Å². The molecule has 1 rings (SSSR count). The van der Waals surface area contributed by atoms with E-state index in [2.05, 4.69) is 43.2 Å². The van der Waals surface area contributed by atoms with Crippen LogP contribution in [0.5, 0.6) is 0 Å². The number of amides is 1. The molecule has 0 saturated carbocycles. The maximum Gasteiger partial charge on any atom is 0.409 e. The van der Waals surface area contributed by atoms with Crippen LogP contribution in [0, 0.1) is 5.92 Å². The summed E-state index contributed by atoms with van der Waals surface area (Å²) in [5.41, 5.74) is 6.04. The van der Waals surface area contributed by atoms with E-state index in [1.165, 1.54) is 0 Å². The lowest BCUT2D eigenvalue weighted by Crippen LogP contribution is -2.48. The minimum atomic E-state index is -0.222. The van der Waals surface area contributed by atoms with E-state index in [0.717, 1.165) is 19.3 Å². The first-order chi connectivity index (χ1) is 11.3. The molecule has 0 aliphatic carbocycles. The van der Waals surface area contributed by atoms with Crippen molar-refractivity contribution >= 4 is 36.0 Å². The highest BCUT2D eigenvalue weighted by molar-refractivity contribution is 14.0. The summed E-state index contributed by atoms with van der Waals surface area (Å²) >= 11 is 0. The van der Waals surface area contributed by atoms with Crippen LogP contribution in [0.1, 0.15) is 40.0 Å². The molecule has 25 heavy (non-hydrogen) atoms. The SMILES string of the molecule is CCOC(=O)N1CCC(NC(N)=NCC(CC(C)C)N(C)C)CC1.I. The van der Waals surface area contributed by atoms with Gasteiger partial charge in [0.1, 0.15) is 0 Å². The predicted octanol–water partition coefficient (Wildman–Crippen LogP) is 2.11. The normalized spacial score (nSPS) is 17.4. The van der Waals surface area contributed by atoms with Crippen LogP contribution in [0.15, 0.2) is 4.99 Å². The van der Waals surface area contributed by atoms with Crippen LogP contribution in [-0.2, 0) is 4.74 Å². The van der Waals surface area contributed by atoms with Crippen molar-refractivity contribution in [3.8, 4) is 0 Å². The van der Waals surface area contributed by atoms with E-state index in [4.69, 9.17) is 10.5 Å². The highest BCUT2D eigenvalue weighted by Crippen LogP contribution is 2.12. The molecule has 8 heteroatoms. The van der Waals surface area contributed by atoms with Crippen LogP contribution in [0.2, 0.25) is 0 Å². The Morgan fingerprint density at radius 3 is 2.44 bits per heavy atom. The largest absolute Gasteiger partial charge is 0.450 e. The number of nitrogens with one attached hydrogen (secondary N) is 1. The molecule has 1 saturated heterocycles. The molecule has 148 valence electrons. The lowest BCUT2D eigenvalue weighted by atomic mass is 10.0. The lowest BCUT2D eigenvalue weighted by molar-refractivity contribution is 0.0963. The number of piperidine rings is 1. The predicted molar refractivity (Wildman–Crippen MR) is 114 cm³/mol. The maximum absolute atomic E-state index is 11.7. The van der Waals surface area contributed by atoms with Crippen LogP contribution in [0.3, 0.4) is 0 Å². The van der Waals surface area contributed by atoms with Gasteiger partial charge in [0, 0.05) is 25.2 Å². The molecule has 3 N–H and O–H groups in total. The van der Waals surface area contributed by atoms with Crippen molar-refractivity contribution in [3.05, 3.63) is 0 Å². The van der Waals surface area contributed by atoms with E-state index in [1.807, 2.05) is 6.92 Å². The summed E-state index contributed by atoms with van der Waals surface area (Å²) in [4.78, 5) is 20.2. The summed E-state index contributed by atoms with van der Waals surface area (Å²) in [5.74, 6) is 1.13. The summed E-state index contributed by atoms with van der Waals surface area (Å²) in [5, 5.41) is 3.29. The third-order valence-electron chi connectivity index (χ3n) is 4.32. The summed E-state index contributed by atoms with van der Waals surface area (Å²) < 4.78 is 5.03. The standard InChI is InChI=1S/C17H35N5O2.HI/c1-6-24-17(23)22-9-7-14(8-10-22)20-16(18)19-12-15(21(4)5)11-13(2)3;/h13-15H,6-12H2,1-5H3,(H3,18,19,20);1H. The van der Waals surface area contributed by atoms with Gasteiger partial charge in [-0.1, -0.05) is 13.8 Å². The molecule has 1 atom stereocenters. The molecule has 1 aliphatic rings. The Bertz CT molecular complexity index is 410. The molecule has 1 heterocycles. The second-order valence-electron chi connectivity index (χ2n) is 7.08. The van der Waals surface area contributed by atoms with Gasteiger partial charge in [0.05, 0.1) is 13.2 Å². The van der Waals surface area contributed by atoms with E-state index in [0.29, 0.717) is 44.2 Å². The van der Waals surface area contributed by atoms with Crippen molar-refractivity contribution in [3.63, 3.8) is 0 Å². The third kappa shape index (κ3) is 9.48. The van der Waals surface area contributed by atoms with Crippen molar-refractivity contribution in [1.82, 2.24) is 15.1 Å². The Morgan fingerprint density at radius 2 is 1.96 bits per heavy atom. The third-order valence-corrected chi connectivity index (χ3v) is 4.32. The lowest BCUT2D eigenvalue weighted by Gasteiger charge is -2.32. The maximum atomic E-state index is 11.7. The topological polar surface area (TPSA) is 83.2 Å². The van der Waals surface area contributed by atoms with Gasteiger partial charge in [-0.2, -0.15) is 0 Å². The van der Waals surface area contributed by atoms with E-state index < -0.39 is 0 Å². The first kappa shape index (κ1) is 24.2. The molecular weight excluding hydrogens is 433 g/mol. The number of carbonyl (C=O) groups is 1. The molecular formula is C17H36IN5O2. The minimum Gasteiger partial charge on any atom is -0.450 e. The Morgan fingerprint density at radius 1 is 1.36 bits per heavy atom. The van der Waals surface area contributed by atoms with Crippen LogP contribution < -0.4 is 11.1 Å². The molecule has 0 spiro atoms. The Labute approximate surface area is 169 Å². The fourth-order valence-corrected chi connectivity index (χ4v) is 2.87. The molecule has 0 aromatic rings. The van der Waals surface area contributed by atoms with Gasteiger partial charge in [-0.3, -0.25) is 4.99 Å². The summed E-state index contributed by atoms with van der Waals surface area (Å²) in [6.07, 6.45) is 2.60. The number of halogens is 1. The van der Waals surface area contributed by atoms with Crippen LogP contribution in [0.4, 0.5) is 4.79 Å².